The average molecular weight is 232 g/mol. The van der Waals surface area contributed by atoms with E-state index >= 15 is 0 Å². The van der Waals surface area contributed by atoms with Gasteiger partial charge in [0.2, 0.25) is 0 Å². The van der Waals surface area contributed by atoms with Gasteiger partial charge in [-0.25, -0.2) is 13.2 Å². The van der Waals surface area contributed by atoms with E-state index in [1.807, 2.05) is 0 Å². The third-order valence-corrected chi connectivity index (χ3v) is 2.27. The number of aliphatic carboxylic acids is 1. The van der Waals surface area contributed by atoms with Crippen LogP contribution in [0.15, 0.2) is 12.1 Å². The third-order valence-electron chi connectivity index (χ3n) is 2.27. The van der Waals surface area contributed by atoms with Gasteiger partial charge in [0.1, 0.15) is 6.67 Å². The summed E-state index contributed by atoms with van der Waals surface area (Å²) < 4.78 is 38.5. The second kappa shape index (κ2) is 5.01. The molecule has 1 unspecified atom stereocenters. The van der Waals surface area contributed by atoms with Crippen molar-refractivity contribution < 1.29 is 23.1 Å². The first-order chi connectivity index (χ1) is 7.45. The van der Waals surface area contributed by atoms with Crippen molar-refractivity contribution in [3.63, 3.8) is 0 Å². The quantitative estimate of drug-likeness (QED) is 0.866. The maximum absolute atomic E-state index is 13.3. The van der Waals surface area contributed by atoms with Crippen molar-refractivity contribution in [2.45, 2.75) is 20.0 Å². The summed E-state index contributed by atoms with van der Waals surface area (Å²) in [5, 5.41) is 8.64. The highest BCUT2D eigenvalue weighted by molar-refractivity contribution is 5.69. The molecule has 0 aliphatic heterocycles. The molecule has 0 aliphatic rings. The Morgan fingerprint density at radius 2 is 2.06 bits per heavy atom. The molecule has 1 N–H and O–H groups in total. The summed E-state index contributed by atoms with van der Waals surface area (Å²) in [5.74, 6) is -4.21. The zero-order chi connectivity index (χ0) is 12.3. The number of alkyl halides is 1. The summed E-state index contributed by atoms with van der Waals surface area (Å²) >= 11 is 0. The van der Waals surface area contributed by atoms with Gasteiger partial charge in [-0.2, -0.15) is 0 Å². The molecule has 0 aromatic heterocycles. The lowest BCUT2D eigenvalue weighted by atomic mass is 9.99. The fourth-order valence-electron chi connectivity index (χ4n) is 1.35. The Hall–Kier alpha value is -1.52. The molecule has 2 nitrogen and oxygen atoms in total. The maximum Gasteiger partial charge on any atom is 0.306 e. The Kier molecular flexibility index (Phi) is 3.93. The second-order valence-corrected chi connectivity index (χ2v) is 3.63. The van der Waals surface area contributed by atoms with Gasteiger partial charge in [-0.1, -0.05) is 13.0 Å². The van der Waals surface area contributed by atoms with Crippen LogP contribution in [-0.2, 0) is 17.9 Å². The number of carboxylic acids is 1. The zero-order valence-electron chi connectivity index (χ0n) is 8.64. The first-order valence-electron chi connectivity index (χ1n) is 4.71. The number of hydrogen-bond donors (Lipinski definition) is 1. The highest BCUT2D eigenvalue weighted by Gasteiger charge is 2.17. The Morgan fingerprint density at radius 1 is 1.44 bits per heavy atom. The monoisotopic (exact) mass is 232 g/mol. The standard InChI is InChI=1S/C11H11F3O2/c1-6(11(15)16)2-8-3-7(5-12)4-9(13)10(8)14/h3-4,6H,2,5H2,1H3,(H,15,16). The van der Waals surface area contributed by atoms with Crippen LogP contribution in [0, 0.1) is 17.6 Å². The molecule has 1 aromatic rings. The van der Waals surface area contributed by atoms with Crippen molar-refractivity contribution in [3.05, 3.63) is 34.9 Å². The Balaban J connectivity index is 3.03. The summed E-state index contributed by atoms with van der Waals surface area (Å²) in [6.07, 6.45) is -0.161. The van der Waals surface area contributed by atoms with Crippen LogP contribution in [-0.4, -0.2) is 11.1 Å². The van der Waals surface area contributed by atoms with Gasteiger partial charge >= 0.3 is 5.97 Å². The predicted molar refractivity (Wildman–Crippen MR) is 51.7 cm³/mol. The number of carbonyl (C=O) groups is 1. The van der Waals surface area contributed by atoms with Gasteiger partial charge in [-0.3, -0.25) is 4.79 Å². The SMILES string of the molecule is CC(Cc1cc(CF)cc(F)c1F)C(=O)O. The minimum absolute atomic E-state index is 0.00601. The molecule has 0 saturated carbocycles. The van der Waals surface area contributed by atoms with Crippen molar-refractivity contribution >= 4 is 5.97 Å². The number of hydrogen-bond acceptors (Lipinski definition) is 1. The molecule has 5 heteroatoms. The van der Waals surface area contributed by atoms with E-state index < -0.39 is 30.2 Å². The second-order valence-electron chi connectivity index (χ2n) is 3.63. The van der Waals surface area contributed by atoms with E-state index in [1.54, 1.807) is 0 Å². The Labute approximate surface area is 90.7 Å². The van der Waals surface area contributed by atoms with Gasteiger partial charge < -0.3 is 5.11 Å². The van der Waals surface area contributed by atoms with Gasteiger partial charge in [-0.15, -0.1) is 0 Å². The smallest absolute Gasteiger partial charge is 0.306 e. The summed E-state index contributed by atoms with van der Waals surface area (Å²) in [5.41, 5.74) is -0.103. The highest BCUT2D eigenvalue weighted by atomic mass is 19.2. The van der Waals surface area contributed by atoms with E-state index in [0.717, 1.165) is 12.1 Å². The zero-order valence-corrected chi connectivity index (χ0v) is 8.64. The molecule has 1 rings (SSSR count). The topological polar surface area (TPSA) is 37.3 Å². The predicted octanol–water partition coefficient (Wildman–Crippen LogP) is 2.70. The number of carboxylic acid groups (broad SMARTS) is 1. The van der Waals surface area contributed by atoms with Crippen molar-refractivity contribution in [2.24, 2.45) is 5.92 Å². The number of benzene rings is 1. The van der Waals surface area contributed by atoms with Crippen LogP contribution >= 0.6 is 0 Å². The van der Waals surface area contributed by atoms with E-state index in [-0.39, 0.29) is 17.5 Å². The minimum atomic E-state index is -1.15. The molecule has 0 fully saturated rings. The maximum atomic E-state index is 13.3. The van der Waals surface area contributed by atoms with Crippen LogP contribution in [0.2, 0.25) is 0 Å². The van der Waals surface area contributed by atoms with Gasteiger partial charge in [0.25, 0.3) is 0 Å². The normalized spacial score (nSPS) is 12.5. The lowest BCUT2D eigenvalue weighted by Gasteiger charge is -2.09. The number of rotatable bonds is 4. The summed E-state index contributed by atoms with van der Waals surface area (Å²) in [4.78, 5) is 10.6. The van der Waals surface area contributed by atoms with Gasteiger partial charge in [0.05, 0.1) is 5.92 Å². The van der Waals surface area contributed by atoms with Crippen LogP contribution in [0.25, 0.3) is 0 Å². The van der Waals surface area contributed by atoms with Gasteiger partial charge in [-0.05, 0) is 23.6 Å². The summed E-state index contributed by atoms with van der Waals surface area (Å²) in [7, 11) is 0. The average Bonchev–Trinajstić information content (AvgIpc) is 2.24. The molecule has 88 valence electrons. The van der Waals surface area contributed by atoms with Crippen molar-refractivity contribution in [1.29, 1.82) is 0 Å². The van der Waals surface area contributed by atoms with E-state index in [1.165, 1.54) is 6.92 Å². The van der Waals surface area contributed by atoms with Crippen LogP contribution in [0.4, 0.5) is 13.2 Å². The molecule has 0 aliphatic carbocycles. The van der Waals surface area contributed by atoms with E-state index in [2.05, 4.69) is 0 Å². The number of halogens is 3. The summed E-state index contributed by atoms with van der Waals surface area (Å²) in [6.45, 7) is 0.466. The molecule has 0 bridgehead atoms. The molecule has 0 spiro atoms. The highest BCUT2D eigenvalue weighted by Crippen LogP contribution is 2.19. The molecule has 0 radical (unpaired) electrons. The van der Waals surface area contributed by atoms with Crippen molar-refractivity contribution in [3.8, 4) is 0 Å². The van der Waals surface area contributed by atoms with Crippen molar-refractivity contribution in [2.75, 3.05) is 0 Å². The van der Waals surface area contributed by atoms with E-state index in [4.69, 9.17) is 5.11 Å². The van der Waals surface area contributed by atoms with Crippen LogP contribution in [0.3, 0.4) is 0 Å². The van der Waals surface area contributed by atoms with Crippen molar-refractivity contribution in [1.82, 2.24) is 0 Å². The lowest BCUT2D eigenvalue weighted by molar-refractivity contribution is -0.141. The van der Waals surface area contributed by atoms with E-state index in [9.17, 15) is 18.0 Å². The largest absolute Gasteiger partial charge is 0.481 e. The molecule has 0 heterocycles. The van der Waals surface area contributed by atoms with Crippen LogP contribution in [0.1, 0.15) is 18.1 Å². The molecular formula is C11H11F3O2. The first kappa shape index (κ1) is 12.5. The lowest BCUT2D eigenvalue weighted by Crippen LogP contribution is -2.13. The van der Waals surface area contributed by atoms with Crippen LogP contribution < -0.4 is 0 Å². The molecule has 0 saturated heterocycles. The third kappa shape index (κ3) is 2.74. The van der Waals surface area contributed by atoms with E-state index in [0.29, 0.717) is 0 Å². The minimum Gasteiger partial charge on any atom is -0.481 e. The Bertz CT molecular complexity index is 404. The summed E-state index contributed by atoms with van der Waals surface area (Å²) in [6, 6.07) is 1.92. The molecular weight excluding hydrogens is 221 g/mol. The molecule has 1 aromatic carbocycles. The fourth-order valence-corrected chi connectivity index (χ4v) is 1.35. The molecule has 1 atom stereocenters. The molecule has 16 heavy (non-hydrogen) atoms. The first-order valence-corrected chi connectivity index (χ1v) is 4.71. The van der Waals surface area contributed by atoms with Crippen LogP contribution in [0.5, 0.6) is 0 Å². The Morgan fingerprint density at radius 3 is 2.56 bits per heavy atom. The van der Waals surface area contributed by atoms with Gasteiger partial charge in [0.15, 0.2) is 11.6 Å². The fraction of sp³-hybridized carbons (Fsp3) is 0.364. The molecule has 0 amide bonds. The van der Waals surface area contributed by atoms with Gasteiger partial charge in [0, 0.05) is 0 Å².